The zero-order valence-electron chi connectivity index (χ0n) is 8.81. The van der Waals surface area contributed by atoms with Crippen LogP contribution in [0.3, 0.4) is 0 Å². The highest BCUT2D eigenvalue weighted by atomic mass is 79.9. The van der Waals surface area contributed by atoms with Gasteiger partial charge in [-0.25, -0.2) is 0 Å². The molecule has 0 unspecified atom stereocenters. The first kappa shape index (κ1) is 11.6. The second-order valence-electron chi connectivity index (χ2n) is 3.50. The van der Waals surface area contributed by atoms with E-state index in [1.165, 1.54) is 10.6 Å². The number of halogens is 1. The van der Waals surface area contributed by atoms with Crippen molar-refractivity contribution in [1.29, 1.82) is 10.8 Å². The van der Waals surface area contributed by atoms with Gasteiger partial charge < -0.3 is 5.11 Å². The molecule has 1 aromatic heterocycles. The summed E-state index contributed by atoms with van der Waals surface area (Å²) in [5.74, 6) is 0.251. The van der Waals surface area contributed by atoms with E-state index in [2.05, 4.69) is 15.9 Å². The maximum Gasteiger partial charge on any atom is 0.138 e. The van der Waals surface area contributed by atoms with Gasteiger partial charge in [-0.3, -0.25) is 15.4 Å². The zero-order chi connectivity index (χ0) is 12.4. The van der Waals surface area contributed by atoms with Crippen molar-refractivity contribution < 1.29 is 5.11 Å². The Morgan fingerprint density at radius 1 is 1.24 bits per heavy atom. The summed E-state index contributed by atoms with van der Waals surface area (Å²) in [5, 5.41) is 25.1. The molecular formula is C12H10BrN3O. The molecule has 2 rings (SSSR count). The minimum absolute atomic E-state index is 0.106. The minimum Gasteiger partial charge on any atom is -0.508 e. The van der Waals surface area contributed by atoms with Gasteiger partial charge in [-0.05, 0) is 40.2 Å². The van der Waals surface area contributed by atoms with Gasteiger partial charge >= 0.3 is 0 Å². The molecule has 4 nitrogen and oxygen atoms in total. The Hall–Kier alpha value is -1.88. The number of nitrogens with zero attached hydrogens (tertiary/aromatic N) is 1. The Morgan fingerprint density at radius 3 is 2.71 bits per heavy atom. The maximum absolute atomic E-state index is 9.37. The number of pyridine rings is 1. The van der Waals surface area contributed by atoms with Crippen LogP contribution >= 0.6 is 15.9 Å². The smallest absolute Gasteiger partial charge is 0.138 e. The average Bonchev–Trinajstić information content (AvgIpc) is 2.31. The second kappa shape index (κ2) is 4.55. The number of hydrogen-bond acceptors (Lipinski definition) is 3. The van der Waals surface area contributed by atoms with Crippen LogP contribution in [0.25, 0.3) is 0 Å². The SMILES string of the molecule is N=C(c1cccc(O)c1)n1cc(Br)ccc1=N. The number of nitrogens with one attached hydrogen (secondary N) is 2. The quantitative estimate of drug-likeness (QED) is 0.547. The molecule has 0 saturated heterocycles. The highest BCUT2D eigenvalue weighted by Crippen LogP contribution is 2.12. The molecule has 0 atom stereocenters. The number of hydrogen-bond donors (Lipinski definition) is 3. The molecular weight excluding hydrogens is 282 g/mol. The summed E-state index contributed by atoms with van der Waals surface area (Å²) < 4.78 is 2.22. The lowest BCUT2D eigenvalue weighted by atomic mass is 10.2. The third-order valence-corrected chi connectivity index (χ3v) is 2.74. The summed E-state index contributed by atoms with van der Waals surface area (Å²) in [4.78, 5) is 0. The summed E-state index contributed by atoms with van der Waals surface area (Å²) in [6.07, 6.45) is 1.65. The van der Waals surface area contributed by atoms with Gasteiger partial charge in [0.15, 0.2) is 0 Å². The van der Waals surface area contributed by atoms with E-state index in [9.17, 15) is 5.11 Å². The van der Waals surface area contributed by atoms with Gasteiger partial charge in [0.25, 0.3) is 0 Å². The Labute approximate surface area is 106 Å². The third-order valence-electron chi connectivity index (χ3n) is 2.27. The van der Waals surface area contributed by atoms with Crippen LogP contribution in [0.1, 0.15) is 5.56 Å². The van der Waals surface area contributed by atoms with E-state index in [0.29, 0.717) is 5.56 Å². The first-order valence-corrected chi connectivity index (χ1v) is 5.68. The molecule has 0 aliphatic carbocycles. The van der Waals surface area contributed by atoms with Crippen molar-refractivity contribution in [3.8, 4) is 5.75 Å². The molecule has 0 spiro atoms. The monoisotopic (exact) mass is 291 g/mol. The van der Waals surface area contributed by atoms with Crippen LogP contribution in [0, 0.1) is 10.8 Å². The summed E-state index contributed by atoms with van der Waals surface area (Å²) in [6.45, 7) is 0. The lowest BCUT2D eigenvalue weighted by Gasteiger charge is -2.09. The molecule has 2 aromatic rings. The summed E-state index contributed by atoms with van der Waals surface area (Å²) in [7, 11) is 0. The Bertz CT molecular complexity index is 634. The van der Waals surface area contributed by atoms with E-state index in [0.717, 1.165) is 4.47 Å². The van der Waals surface area contributed by atoms with Gasteiger partial charge in [0.05, 0.1) is 0 Å². The lowest BCUT2D eigenvalue weighted by Crippen LogP contribution is -2.26. The van der Waals surface area contributed by atoms with Gasteiger partial charge in [0.2, 0.25) is 0 Å². The lowest BCUT2D eigenvalue weighted by molar-refractivity contribution is 0.475. The third kappa shape index (κ3) is 2.45. The molecule has 0 saturated carbocycles. The van der Waals surface area contributed by atoms with E-state index in [1.807, 2.05) is 0 Å². The van der Waals surface area contributed by atoms with Crippen LogP contribution in [0.5, 0.6) is 5.75 Å². The van der Waals surface area contributed by atoms with Gasteiger partial charge in [-0.15, -0.1) is 0 Å². The Morgan fingerprint density at radius 2 is 2.00 bits per heavy atom. The van der Waals surface area contributed by atoms with E-state index in [1.54, 1.807) is 36.5 Å². The summed E-state index contributed by atoms with van der Waals surface area (Å²) in [5.41, 5.74) is 0.767. The van der Waals surface area contributed by atoms with E-state index >= 15 is 0 Å². The van der Waals surface area contributed by atoms with Crippen LogP contribution in [-0.4, -0.2) is 15.5 Å². The zero-order valence-corrected chi connectivity index (χ0v) is 10.4. The number of aromatic hydroxyl groups is 1. The summed E-state index contributed by atoms with van der Waals surface area (Å²) >= 11 is 3.30. The van der Waals surface area contributed by atoms with Crippen LogP contribution < -0.4 is 5.49 Å². The van der Waals surface area contributed by atoms with Crippen LogP contribution in [0.4, 0.5) is 0 Å². The molecule has 1 aromatic carbocycles. The molecule has 5 heteroatoms. The van der Waals surface area contributed by atoms with Gasteiger partial charge in [0.1, 0.15) is 17.1 Å². The molecule has 1 heterocycles. The number of aromatic nitrogens is 1. The predicted octanol–water partition coefficient (Wildman–Crippen LogP) is 2.31. The van der Waals surface area contributed by atoms with Crippen LogP contribution in [0.2, 0.25) is 0 Å². The molecule has 0 aliphatic rings. The van der Waals surface area contributed by atoms with E-state index < -0.39 is 0 Å². The molecule has 0 radical (unpaired) electrons. The molecule has 3 N–H and O–H groups in total. The largest absolute Gasteiger partial charge is 0.508 e. The highest BCUT2D eigenvalue weighted by molar-refractivity contribution is 9.10. The Balaban J connectivity index is 2.51. The van der Waals surface area contributed by atoms with Crippen LogP contribution in [-0.2, 0) is 0 Å². The molecule has 0 bridgehead atoms. The van der Waals surface area contributed by atoms with Crippen LogP contribution in [0.15, 0.2) is 47.1 Å². The fourth-order valence-corrected chi connectivity index (χ4v) is 1.79. The predicted molar refractivity (Wildman–Crippen MR) is 68.3 cm³/mol. The van der Waals surface area contributed by atoms with E-state index in [-0.39, 0.29) is 17.1 Å². The Kier molecular flexibility index (Phi) is 3.10. The molecule has 17 heavy (non-hydrogen) atoms. The topological polar surface area (TPSA) is 72.9 Å². The molecule has 0 fully saturated rings. The fourth-order valence-electron chi connectivity index (χ4n) is 1.45. The van der Waals surface area contributed by atoms with Crippen molar-refractivity contribution in [2.75, 3.05) is 0 Å². The van der Waals surface area contributed by atoms with Crippen molar-refractivity contribution in [2.45, 2.75) is 0 Å². The summed E-state index contributed by atoms with van der Waals surface area (Å²) in [6, 6.07) is 9.77. The van der Waals surface area contributed by atoms with Crippen molar-refractivity contribution in [1.82, 2.24) is 4.57 Å². The first-order chi connectivity index (χ1) is 8.08. The first-order valence-electron chi connectivity index (χ1n) is 4.89. The number of phenols is 1. The normalized spacial score (nSPS) is 10.2. The maximum atomic E-state index is 9.37. The van der Waals surface area contributed by atoms with Crippen molar-refractivity contribution in [3.05, 3.63) is 58.1 Å². The van der Waals surface area contributed by atoms with Gasteiger partial charge in [-0.1, -0.05) is 12.1 Å². The van der Waals surface area contributed by atoms with Crippen molar-refractivity contribution in [3.63, 3.8) is 0 Å². The van der Waals surface area contributed by atoms with Gasteiger partial charge in [0, 0.05) is 16.2 Å². The molecule has 0 aliphatic heterocycles. The van der Waals surface area contributed by atoms with Gasteiger partial charge in [-0.2, -0.15) is 0 Å². The molecule has 0 amide bonds. The average molecular weight is 292 g/mol. The minimum atomic E-state index is 0.106. The standard InChI is InChI=1S/C12H10BrN3O/c13-9-4-5-11(14)16(7-9)12(15)8-2-1-3-10(17)6-8/h1-7,14-15,17H. The number of phenolic OH excluding ortho intramolecular Hbond substituents is 1. The molecule has 86 valence electrons. The number of benzene rings is 1. The fraction of sp³-hybridized carbons (Fsp3) is 0. The van der Waals surface area contributed by atoms with Crippen molar-refractivity contribution in [2.24, 2.45) is 0 Å². The second-order valence-corrected chi connectivity index (χ2v) is 4.42. The van der Waals surface area contributed by atoms with E-state index in [4.69, 9.17) is 10.8 Å². The van der Waals surface area contributed by atoms with Crippen molar-refractivity contribution >= 4 is 21.8 Å². The number of rotatable bonds is 1. The highest BCUT2D eigenvalue weighted by Gasteiger charge is 2.05.